The monoisotopic (exact) mass is 485 g/mol. The highest BCUT2D eigenvalue weighted by atomic mass is 35.5. The number of nitrogens with zero attached hydrogens (tertiary/aromatic N) is 3. The van der Waals surface area contributed by atoms with Crippen molar-refractivity contribution in [3.05, 3.63) is 63.4 Å². The van der Waals surface area contributed by atoms with Gasteiger partial charge < -0.3 is 4.74 Å². The molecule has 1 N–H and O–H groups in total. The number of nitrogens with one attached hydrogen (secondary N) is 1. The molecular formula is C24H26ClN4O3S+. The van der Waals surface area contributed by atoms with Gasteiger partial charge in [0.2, 0.25) is 11.1 Å². The molecule has 172 valence electrons. The van der Waals surface area contributed by atoms with Crippen molar-refractivity contribution in [2.75, 3.05) is 17.8 Å². The molecule has 2 aromatic carbocycles. The predicted octanol–water partition coefficient (Wildman–Crippen LogP) is 4.58. The van der Waals surface area contributed by atoms with Gasteiger partial charge in [0, 0.05) is 22.8 Å². The third kappa shape index (κ3) is 4.50. The first-order valence-corrected chi connectivity index (χ1v) is 12.2. The number of rotatable bonds is 7. The molecule has 9 heteroatoms. The van der Waals surface area contributed by atoms with E-state index >= 15 is 0 Å². The number of fused-ring (bicyclic) bond motifs is 3. The molecule has 0 bridgehead atoms. The van der Waals surface area contributed by atoms with E-state index in [0.29, 0.717) is 38.4 Å². The lowest BCUT2D eigenvalue weighted by molar-refractivity contribution is -0.763. The van der Waals surface area contributed by atoms with Gasteiger partial charge in [-0.1, -0.05) is 55.3 Å². The summed E-state index contributed by atoms with van der Waals surface area (Å²) in [6.07, 6.45) is 2.52. The van der Waals surface area contributed by atoms with E-state index in [9.17, 15) is 9.59 Å². The van der Waals surface area contributed by atoms with Crippen LogP contribution in [0.3, 0.4) is 0 Å². The summed E-state index contributed by atoms with van der Waals surface area (Å²) in [5.74, 6) is 1.20. The maximum Gasteiger partial charge on any atom is 0.325 e. The minimum Gasteiger partial charge on any atom is -0.496 e. The minimum atomic E-state index is -0.738. The number of benzene rings is 2. The van der Waals surface area contributed by atoms with Crippen molar-refractivity contribution in [2.45, 2.75) is 44.4 Å². The number of thioether (sulfide) groups is 1. The van der Waals surface area contributed by atoms with Crippen LogP contribution in [0, 0.1) is 0 Å². The van der Waals surface area contributed by atoms with Crippen molar-refractivity contribution in [3.63, 3.8) is 0 Å². The van der Waals surface area contributed by atoms with E-state index in [4.69, 9.17) is 21.4 Å². The first kappa shape index (κ1) is 23.3. The Bertz CT molecular complexity index is 1250. The van der Waals surface area contributed by atoms with Gasteiger partial charge in [-0.05, 0) is 41.4 Å². The molecule has 1 aromatic heterocycles. The van der Waals surface area contributed by atoms with Gasteiger partial charge >= 0.3 is 11.3 Å². The minimum absolute atomic E-state index is 0.188. The fourth-order valence-corrected chi connectivity index (χ4v) is 5.12. The standard InChI is InChI=1S/C24H25ClN4O3S/c1-4-5-8-13-33-24-26-22(31)21-17-9-6-7-10-19(17)28(15(2)30)23(29(21)27-24)18-14-16(25)11-12-20(18)32-3/h6-7,9-12,14,23H,4-5,8,13H2,1-3H3/p+1/t23-/m1/s1. The number of aromatic nitrogens is 3. The van der Waals surface area contributed by atoms with Crippen LogP contribution >= 0.6 is 23.4 Å². The fraction of sp³-hybridized carbons (Fsp3) is 0.333. The van der Waals surface area contributed by atoms with Gasteiger partial charge in [-0.25, -0.2) is 4.90 Å². The maximum atomic E-state index is 13.3. The Morgan fingerprint density at radius 3 is 2.79 bits per heavy atom. The van der Waals surface area contributed by atoms with Crippen LogP contribution < -0.4 is 19.9 Å². The van der Waals surface area contributed by atoms with Gasteiger partial charge in [0.15, 0.2) is 0 Å². The lowest BCUT2D eigenvalue weighted by Crippen LogP contribution is -2.60. The lowest BCUT2D eigenvalue weighted by Gasteiger charge is -2.31. The largest absolute Gasteiger partial charge is 0.496 e. The SMILES string of the molecule is CCCCCSc1n[n+]2c(c(=O)[nH]1)-c1ccccc1N(C(C)=O)[C@H]2c1cc(Cl)ccc1OC. The molecule has 0 fully saturated rings. The number of carbonyl (C=O) groups is 1. The van der Waals surface area contributed by atoms with Gasteiger partial charge in [-0.2, -0.15) is 0 Å². The molecule has 3 aromatic rings. The highest BCUT2D eigenvalue weighted by Crippen LogP contribution is 2.40. The molecule has 0 radical (unpaired) electrons. The van der Waals surface area contributed by atoms with E-state index in [2.05, 4.69) is 11.9 Å². The lowest BCUT2D eigenvalue weighted by atomic mass is 10.0. The number of methoxy groups -OCH3 is 1. The third-order valence-electron chi connectivity index (χ3n) is 5.55. The summed E-state index contributed by atoms with van der Waals surface area (Å²) < 4.78 is 7.23. The average Bonchev–Trinajstić information content (AvgIpc) is 2.80. The first-order chi connectivity index (χ1) is 16.0. The second-order valence-electron chi connectivity index (χ2n) is 7.77. The van der Waals surface area contributed by atoms with E-state index in [1.165, 1.54) is 18.7 Å². The quantitative estimate of drug-likeness (QED) is 0.301. The van der Waals surface area contributed by atoms with Gasteiger partial charge in [0.25, 0.3) is 6.17 Å². The van der Waals surface area contributed by atoms with Crippen molar-refractivity contribution in [1.82, 2.24) is 10.1 Å². The number of H-pyrrole nitrogens is 1. The number of carbonyl (C=O) groups excluding carboxylic acids is 1. The highest BCUT2D eigenvalue weighted by molar-refractivity contribution is 7.99. The number of anilines is 1. The van der Waals surface area contributed by atoms with Crippen LogP contribution in [0.2, 0.25) is 5.02 Å². The highest BCUT2D eigenvalue weighted by Gasteiger charge is 2.46. The molecular weight excluding hydrogens is 460 g/mol. The van der Waals surface area contributed by atoms with Crippen LogP contribution in [0.5, 0.6) is 5.75 Å². The van der Waals surface area contributed by atoms with E-state index in [-0.39, 0.29) is 11.5 Å². The number of hydrogen-bond donors (Lipinski definition) is 1. The summed E-state index contributed by atoms with van der Waals surface area (Å²) in [4.78, 5) is 30.9. The summed E-state index contributed by atoms with van der Waals surface area (Å²) in [7, 11) is 1.56. The zero-order valence-corrected chi connectivity index (χ0v) is 20.4. The number of unbranched alkanes of at least 4 members (excludes halogenated alkanes) is 2. The third-order valence-corrected chi connectivity index (χ3v) is 6.74. The summed E-state index contributed by atoms with van der Waals surface area (Å²) in [5.41, 5.74) is 2.03. The van der Waals surface area contributed by atoms with Crippen LogP contribution in [0.1, 0.15) is 44.8 Å². The maximum absolute atomic E-state index is 13.3. The second kappa shape index (κ2) is 9.97. The second-order valence-corrected chi connectivity index (χ2v) is 9.29. The molecule has 0 saturated heterocycles. The smallest absolute Gasteiger partial charge is 0.325 e. The fourth-order valence-electron chi connectivity index (χ4n) is 4.09. The summed E-state index contributed by atoms with van der Waals surface area (Å²) >= 11 is 7.85. The summed E-state index contributed by atoms with van der Waals surface area (Å²) in [5, 5.41) is 5.80. The van der Waals surface area contributed by atoms with Crippen LogP contribution in [0.4, 0.5) is 5.69 Å². The molecule has 0 saturated carbocycles. The van der Waals surface area contributed by atoms with Crippen LogP contribution in [0.15, 0.2) is 52.4 Å². The van der Waals surface area contributed by atoms with Crippen molar-refractivity contribution in [2.24, 2.45) is 0 Å². The Morgan fingerprint density at radius 2 is 2.06 bits per heavy atom. The molecule has 1 amide bonds. The number of aromatic amines is 1. The number of para-hydroxylation sites is 1. The van der Waals surface area contributed by atoms with E-state index < -0.39 is 6.17 Å². The van der Waals surface area contributed by atoms with E-state index in [1.54, 1.807) is 34.9 Å². The van der Waals surface area contributed by atoms with Crippen molar-refractivity contribution < 1.29 is 14.2 Å². The van der Waals surface area contributed by atoms with Crippen molar-refractivity contribution >= 4 is 35.0 Å². The van der Waals surface area contributed by atoms with Gasteiger partial charge in [-0.15, -0.1) is 0 Å². The average molecular weight is 486 g/mol. The Hall–Kier alpha value is -2.84. The molecule has 2 heterocycles. The van der Waals surface area contributed by atoms with Crippen LogP contribution in [0.25, 0.3) is 11.3 Å². The number of halogens is 1. The zero-order chi connectivity index (χ0) is 23.5. The van der Waals surface area contributed by atoms with Gasteiger partial charge in [0.1, 0.15) is 5.75 Å². The Morgan fingerprint density at radius 1 is 1.27 bits per heavy atom. The van der Waals surface area contributed by atoms with Crippen LogP contribution in [-0.2, 0) is 4.79 Å². The molecule has 0 spiro atoms. The van der Waals surface area contributed by atoms with E-state index in [1.807, 2.05) is 24.3 Å². The topological polar surface area (TPSA) is 79.2 Å². The Labute approximate surface area is 201 Å². The number of hydrogen-bond acceptors (Lipinski definition) is 5. The summed E-state index contributed by atoms with van der Waals surface area (Å²) in [6.45, 7) is 3.65. The van der Waals surface area contributed by atoms with Crippen molar-refractivity contribution in [1.29, 1.82) is 0 Å². The number of amides is 1. The summed E-state index contributed by atoms with van der Waals surface area (Å²) in [6, 6.07) is 12.6. The normalized spacial score (nSPS) is 14.5. The Balaban J connectivity index is 1.96. The van der Waals surface area contributed by atoms with Crippen LogP contribution in [-0.4, -0.2) is 28.9 Å². The van der Waals surface area contributed by atoms with Crippen molar-refractivity contribution in [3.8, 4) is 17.0 Å². The molecule has 0 unspecified atom stereocenters. The molecule has 33 heavy (non-hydrogen) atoms. The molecule has 4 rings (SSSR count). The zero-order valence-electron chi connectivity index (χ0n) is 18.8. The number of ether oxygens (including phenoxy) is 1. The molecule has 7 nitrogen and oxygen atoms in total. The molecule has 1 aliphatic rings. The Kier molecular flexibility index (Phi) is 7.05. The molecule has 1 aliphatic heterocycles. The molecule has 0 aliphatic carbocycles. The van der Waals surface area contributed by atoms with Gasteiger partial charge in [-0.3, -0.25) is 14.6 Å². The molecule has 1 atom stereocenters. The predicted molar refractivity (Wildman–Crippen MR) is 130 cm³/mol. The van der Waals surface area contributed by atoms with E-state index in [0.717, 1.165) is 25.0 Å². The van der Waals surface area contributed by atoms with Gasteiger partial charge in [0.05, 0.1) is 23.9 Å². The first-order valence-electron chi connectivity index (χ1n) is 10.9.